The van der Waals surface area contributed by atoms with Crippen molar-refractivity contribution in [3.63, 3.8) is 0 Å². The Hall–Kier alpha value is -1.97. The van der Waals surface area contributed by atoms with Gasteiger partial charge in [0.15, 0.2) is 0 Å². The lowest BCUT2D eigenvalue weighted by atomic mass is 10.1. The van der Waals surface area contributed by atoms with E-state index in [-0.39, 0.29) is 6.09 Å². The Morgan fingerprint density at radius 2 is 2.16 bits per heavy atom. The third-order valence-corrected chi connectivity index (χ3v) is 2.89. The number of nitrogens with one attached hydrogen (secondary N) is 2. The number of fused-ring (bicyclic) bond motifs is 1. The summed E-state index contributed by atoms with van der Waals surface area (Å²) in [6.07, 6.45) is 2.45. The van der Waals surface area contributed by atoms with Crippen LogP contribution >= 0.6 is 0 Å². The minimum absolute atomic E-state index is 0.339. The molecule has 0 radical (unpaired) electrons. The summed E-state index contributed by atoms with van der Waals surface area (Å²) in [4.78, 5) is 14.6. The minimum atomic E-state index is -0.339. The zero-order chi connectivity index (χ0) is 13.7. The molecule has 1 aromatic carbocycles. The van der Waals surface area contributed by atoms with Crippen LogP contribution in [0.2, 0.25) is 0 Å². The molecule has 0 saturated heterocycles. The highest BCUT2D eigenvalue weighted by atomic mass is 16.5. The molecule has 0 aliphatic heterocycles. The van der Waals surface area contributed by atoms with Gasteiger partial charge in [-0.15, -0.1) is 0 Å². The molecule has 0 fully saturated rings. The molecule has 2 N–H and O–H groups in total. The molecule has 19 heavy (non-hydrogen) atoms. The number of hydrogen-bond donors (Lipinski definition) is 2. The van der Waals surface area contributed by atoms with Gasteiger partial charge in [-0.3, -0.25) is 0 Å². The lowest BCUT2D eigenvalue weighted by molar-refractivity contribution is 0.133. The number of amides is 1. The van der Waals surface area contributed by atoms with Crippen LogP contribution in [-0.4, -0.2) is 24.2 Å². The highest BCUT2D eigenvalue weighted by molar-refractivity contribution is 5.83. The lowest BCUT2D eigenvalue weighted by Crippen LogP contribution is -2.27. The third kappa shape index (κ3) is 3.74. The topological polar surface area (TPSA) is 54.1 Å². The summed E-state index contributed by atoms with van der Waals surface area (Å²) in [6.45, 7) is 5.07. The minimum Gasteiger partial charge on any atom is -0.449 e. The normalized spacial score (nSPS) is 10.9. The van der Waals surface area contributed by atoms with Crippen molar-refractivity contribution in [3.8, 4) is 0 Å². The summed E-state index contributed by atoms with van der Waals surface area (Å²) < 4.78 is 5.05. The molecule has 0 unspecified atom stereocenters. The molecular formula is C15H20N2O2. The monoisotopic (exact) mass is 260 g/mol. The van der Waals surface area contributed by atoms with Gasteiger partial charge in [0.25, 0.3) is 0 Å². The van der Waals surface area contributed by atoms with Gasteiger partial charge in [-0.1, -0.05) is 32.0 Å². The first-order valence-corrected chi connectivity index (χ1v) is 6.62. The number of rotatable bonds is 5. The molecule has 0 bridgehead atoms. The van der Waals surface area contributed by atoms with Gasteiger partial charge in [-0.2, -0.15) is 0 Å². The predicted molar refractivity (Wildman–Crippen MR) is 76.2 cm³/mol. The SMILES string of the molecule is CC(C)COC(=O)NCCc1c[nH]c2ccccc12. The number of aromatic nitrogens is 1. The Labute approximate surface area is 113 Å². The standard InChI is InChI=1S/C15H20N2O2/c1-11(2)10-19-15(18)16-8-7-12-9-17-14-6-4-3-5-13(12)14/h3-6,9,11,17H,7-8,10H2,1-2H3,(H,16,18). The van der Waals surface area contributed by atoms with E-state index in [0.29, 0.717) is 19.1 Å². The quantitative estimate of drug-likeness (QED) is 0.868. The van der Waals surface area contributed by atoms with Gasteiger partial charge in [0.2, 0.25) is 0 Å². The second kappa shape index (κ2) is 6.27. The van der Waals surface area contributed by atoms with Gasteiger partial charge in [0.05, 0.1) is 6.61 Å². The predicted octanol–water partition coefficient (Wildman–Crippen LogP) is 3.09. The van der Waals surface area contributed by atoms with E-state index < -0.39 is 0 Å². The van der Waals surface area contributed by atoms with Gasteiger partial charge in [-0.05, 0) is 24.0 Å². The van der Waals surface area contributed by atoms with Gasteiger partial charge < -0.3 is 15.0 Å². The van der Waals surface area contributed by atoms with Crippen molar-refractivity contribution >= 4 is 17.0 Å². The molecule has 4 heteroatoms. The molecule has 1 heterocycles. The van der Waals surface area contributed by atoms with Gasteiger partial charge in [-0.25, -0.2) is 4.79 Å². The second-order valence-electron chi connectivity index (χ2n) is 5.03. The summed E-state index contributed by atoms with van der Waals surface area (Å²) in [5.41, 5.74) is 2.33. The highest BCUT2D eigenvalue weighted by Gasteiger charge is 2.05. The van der Waals surface area contributed by atoms with Crippen LogP contribution in [0.3, 0.4) is 0 Å². The molecule has 0 aliphatic rings. The van der Waals surface area contributed by atoms with E-state index in [2.05, 4.69) is 16.4 Å². The molecule has 2 aromatic rings. The van der Waals surface area contributed by atoms with Crippen LogP contribution < -0.4 is 5.32 Å². The summed E-state index contributed by atoms with van der Waals surface area (Å²) in [5.74, 6) is 0.361. The number of H-pyrrole nitrogens is 1. The Balaban J connectivity index is 1.81. The number of para-hydroxylation sites is 1. The summed E-state index contributed by atoms with van der Waals surface area (Å²) in [5, 5.41) is 3.97. The van der Waals surface area contributed by atoms with E-state index in [1.165, 1.54) is 10.9 Å². The molecule has 0 atom stereocenters. The van der Waals surface area contributed by atoms with Crippen LogP contribution in [0.15, 0.2) is 30.5 Å². The zero-order valence-corrected chi connectivity index (χ0v) is 11.4. The van der Waals surface area contributed by atoms with Crippen LogP contribution in [0.1, 0.15) is 19.4 Å². The number of carbonyl (C=O) groups is 1. The fraction of sp³-hybridized carbons (Fsp3) is 0.400. The van der Waals surface area contributed by atoms with Crippen molar-refractivity contribution in [2.24, 2.45) is 5.92 Å². The molecule has 0 aliphatic carbocycles. The Kier molecular flexibility index (Phi) is 4.44. The molecule has 102 valence electrons. The maximum Gasteiger partial charge on any atom is 0.407 e. The number of hydrogen-bond acceptors (Lipinski definition) is 2. The van der Waals surface area contributed by atoms with E-state index in [0.717, 1.165) is 11.9 Å². The fourth-order valence-corrected chi connectivity index (χ4v) is 1.93. The van der Waals surface area contributed by atoms with Crippen molar-refractivity contribution in [3.05, 3.63) is 36.0 Å². The molecule has 0 spiro atoms. The van der Waals surface area contributed by atoms with E-state index in [9.17, 15) is 4.79 Å². The highest BCUT2D eigenvalue weighted by Crippen LogP contribution is 2.17. The van der Waals surface area contributed by atoms with Crippen molar-refractivity contribution in [1.29, 1.82) is 0 Å². The van der Waals surface area contributed by atoms with Crippen molar-refractivity contribution < 1.29 is 9.53 Å². The largest absolute Gasteiger partial charge is 0.449 e. The van der Waals surface area contributed by atoms with Gasteiger partial charge >= 0.3 is 6.09 Å². The average molecular weight is 260 g/mol. The first-order chi connectivity index (χ1) is 9.16. The second-order valence-corrected chi connectivity index (χ2v) is 5.03. The Morgan fingerprint density at radius 1 is 1.37 bits per heavy atom. The van der Waals surface area contributed by atoms with E-state index in [1.807, 2.05) is 38.2 Å². The fourth-order valence-electron chi connectivity index (χ4n) is 1.93. The van der Waals surface area contributed by atoms with E-state index >= 15 is 0 Å². The van der Waals surface area contributed by atoms with Crippen molar-refractivity contribution in [1.82, 2.24) is 10.3 Å². The molecule has 0 saturated carbocycles. The molecule has 1 amide bonds. The first-order valence-electron chi connectivity index (χ1n) is 6.62. The van der Waals surface area contributed by atoms with Crippen molar-refractivity contribution in [2.45, 2.75) is 20.3 Å². The molecule has 2 rings (SSSR count). The summed E-state index contributed by atoms with van der Waals surface area (Å²) in [7, 11) is 0. The number of carbonyl (C=O) groups excluding carboxylic acids is 1. The zero-order valence-electron chi connectivity index (χ0n) is 11.4. The maximum absolute atomic E-state index is 11.4. The average Bonchev–Trinajstić information content (AvgIpc) is 2.80. The van der Waals surface area contributed by atoms with Crippen LogP contribution in [0.25, 0.3) is 10.9 Å². The first kappa shape index (κ1) is 13.5. The molecule has 1 aromatic heterocycles. The third-order valence-electron chi connectivity index (χ3n) is 2.89. The van der Waals surface area contributed by atoms with Gasteiger partial charge in [0, 0.05) is 23.6 Å². The lowest BCUT2D eigenvalue weighted by Gasteiger charge is -2.08. The number of aromatic amines is 1. The number of alkyl carbamates (subject to hydrolysis) is 1. The van der Waals surface area contributed by atoms with Crippen molar-refractivity contribution in [2.75, 3.05) is 13.2 Å². The van der Waals surface area contributed by atoms with Crippen LogP contribution in [0, 0.1) is 5.92 Å². The van der Waals surface area contributed by atoms with E-state index in [4.69, 9.17) is 4.74 Å². The Bertz CT molecular complexity index is 546. The number of benzene rings is 1. The van der Waals surface area contributed by atoms with Gasteiger partial charge in [0.1, 0.15) is 0 Å². The summed E-state index contributed by atoms with van der Waals surface area (Å²) in [6, 6.07) is 8.15. The van der Waals surface area contributed by atoms with Crippen LogP contribution in [0.5, 0.6) is 0 Å². The van der Waals surface area contributed by atoms with Crippen LogP contribution in [-0.2, 0) is 11.2 Å². The number of ether oxygens (including phenoxy) is 1. The van der Waals surface area contributed by atoms with E-state index in [1.54, 1.807) is 0 Å². The summed E-state index contributed by atoms with van der Waals surface area (Å²) >= 11 is 0. The Morgan fingerprint density at radius 3 is 2.95 bits per heavy atom. The molecule has 4 nitrogen and oxygen atoms in total. The maximum atomic E-state index is 11.4. The van der Waals surface area contributed by atoms with Crippen LogP contribution in [0.4, 0.5) is 4.79 Å². The molecular weight excluding hydrogens is 240 g/mol. The smallest absolute Gasteiger partial charge is 0.407 e.